The van der Waals surface area contributed by atoms with Gasteiger partial charge in [-0.15, -0.1) is 0 Å². The zero-order chi connectivity index (χ0) is 17.1. The molecule has 0 bridgehead atoms. The standard InChI is InChI=1S/C18H18BrN3O2/c1-12-7-15(4-5-16(12)19)22-11-14(8-17(22)23)18(24)21-10-13-3-2-6-20-9-13/h2-7,9,14H,8,10-11H2,1H3,(H,21,24)/t14-/m1/s1. The highest BCUT2D eigenvalue weighted by molar-refractivity contribution is 9.10. The van der Waals surface area contributed by atoms with E-state index in [1.54, 1.807) is 17.3 Å². The molecule has 24 heavy (non-hydrogen) atoms. The third kappa shape index (κ3) is 3.64. The van der Waals surface area contributed by atoms with Gasteiger partial charge in [-0.2, -0.15) is 0 Å². The van der Waals surface area contributed by atoms with Crippen molar-refractivity contribution < 1.29 is 9.59 Å². The smallest absolute Gasteiger partial charge is 0.227 e. The first kappa shape index (κ1) is 16.6. The minimum absolute atomic E-state index is 0.0155. The van der Waals surface area contributed by atoms with Crippen LogP contribution in [0.25, 0.3) is 0 Å². The van der Waals surface area contributed by atoms with E-state index in [4.69, 9.17) is 0 Å². The predicted octanol–water partition coefficient (Wildman–Crippen LogP) is 2.82. The van der Waals surface area contributed by atoms with Crippen molar-refractivity contribution in [1.82, 2.24) is 10.3 Å². The second kappa shape index (κ2) is 7.13. The number of hydrogen-bond acceptors (Lipinski definition) is 3. The fourth-order valence-electron chi connectivity index (χ4n) is 2.77. The summed E-state index contributed by atoms with van der Waals surface area (Å²) in [5.74, 6) is -0.431. The molecule has 1 fully saturated rings. The van der Waals surface area contributed by atoms with Crippen LogP contribution < -0.4 is 10.2 Å². The monoisotopic (exact) mass is 387 g/mol. The first-order chi connectivity index (χ1) is 11.5. The van der Waals surface area contributed by atoms with Gasteiger partial charge >= 0.3 is 0 Å². The molecular formula is C18H18BrN3O2. The Balaban J connectivity index is 1.63. The third-order valence-corrected chi connectivity index (χ3v) is 5.03. The molecule has 0 radical (unpaired) electrons. The van der Waals surface area contributed by atoms with Crippen molar-refractivity contribution in [3.8, 4) is 0 Å². The highest BCUT2D eigenvalue weighted by Gasteiger charge is 2.35. The lowest BCUT2D eigenvalue weighted by molar-refractivity contribution is -0.126. The number of halogens is 1. The lowest BCUT2D eigenvalue weighted by Crippen LogP contribution is -2.32. The largest absolute Gasteiger partial charge is 0.352 e. The van der Waals surface area contributed by atoms with E-state index in [1.807, 2.05) is 37.3 Å². The van der Waals surface area contributed by atoms with Crippen molar-refractivity contribution in [2.75, 3.05) is 11.4 Å². The van der Waals surface area contributed by atoms with E-state index >= 15 is 0 Å². The van der Waals surface area contributed by atoms with Crippen LogP contribution in [0.1, 0.15) is 17.5 Å². The number of carbonyl (C=O) groups excluding carboxylic acids is 2. The van der Waals surface area contributed by atoms with Gasteiger partial charge in [-0.1, -0.05) is 22.0 Å². The molecule has 0 saturated carbocycles. The van der Waals surface area contributed by atoms with Crippen LogP contribution in [-0.4, -0.2) is 23.3 Å². The number of nitrogens with zero attached hydrogens (tertiary/aromatic N) is 2. The van der Waals surface area contributed by atoms with Crippen molar-refractivity contribution in [3.63, 3.8) is 0 Å². The van der Waals surface area contributed by atoms with E-state index in [0.29, 0.717) is 13.1 Å². The summed E-state index contributed by atoms with van der Waals surface area (Å²) in [6.45, 7) is 2.82. The summed E-state index contributed by atoms with van der Waals surface area (Å²) in [5, 5.41) is 2.89. The first-order valence-corrected chi connectivity index (χ1v) is 8.57. The molecule has 1 atom stereocenters. The molecule has 0 spiro atoms. The number of hydrogen-bond donors (Lipinski definition) is 1. The number of benzene rings is 1. The maximum atomic E-state index is 12.3. The molecule has 1 aliphatic rings. The second-order valence-electron chi connectivity index (χ2n) is 5.92. The average molecular weight is 388 g/mol. The van der Waals surface area contributed by atoms with E-state index in [2.05, 4.69) is 26.2 Å². The van der Waals surface area contributed by atoms with Gasteiger partial charge in [0.15, 0.2) is 0 Å². The summed E-state index contributed by atoms with van der Waals surface area (Å²) in [4.78, 5) is 30.3. The van der Waals surface area contributed by atoms with Crippen LogP contribution in [0.4, 0.5) is 5.69 Å². The Labute approximate surface area is 149 Å². The van der Waals surface area contributed by atoms with Crippen LogP contribution in [-0.2, 0) is 16.1 Å². The zero-order valence-electron chi connectivity index (χ0n) is 13.3. The number of aryl methyl sites for hydroxylation is 1. The second-order valence-corrected chi connectivity index (χ2v) is 6.77. The normalized spacial score (nSPS) is 17.2. The molecule has 1 aromatic heterocycles. The SMILES string of the molecule is Cc1cc(N2C[C@H](C(=O)NCc3cccnc3)CC2=O)ccc1Br. The number of amides is 2. The zero-order valence-corrected chi connectivity index (χ0v) is 14.9. The average Bonchev–Trinajstić information content (AvgIpc) is 2.98. The van der Waals surface area contributed by atoms with Crippen molar-refractivity contribution in [1.29, 1.82) is 0 Å². The van der Waals surface area contributed by atoms with Crippen molar-refractivity contribution in [2.45, 2.75) is 19.9 Å². The molecule has 2 amide bonds. The van der Waals surface area contributed by atoms with E-state index in [9.17, 15) is 9.59 Å². The molecule has 3 rings (SSSR count). The van der Waals surface area contributed by atoms with Crippen molar-refractivity contribution in [3.05, 3.63) is 58.3 Å². The molecule has 124 valence electrons. The summed E-state index contributed by atoms with van der Waals surface area (Å²) in [6.07, 6.45) is 3.66. The van der Waals surface area contributed by atoms with Crippen LogP contribution in [0.3, 0.4) is 0 Å². The van der Waals surface area contributed by atoms with Gasteiger partial charge in [0.25, 0.3) is 0 Å². The molecule has 1 N–H and O–H groups in total. The Bertz CT molecular complexity index is 764. The van der Waals surface area contributed by atoms with Gasteiger partial charge in [0, 0.05) is 42.1 Å². The molecule has 1 saturated heterocycles. The molecule has 6 heteroatoms. The molecule has 2 aromatic rings. The Hall–Kier alpha value is -2.21. The van der Waals surface area contributed by atoms with Gasteiger partial charge in [-0.25, -0.2) is 0 Å². The highest BCUT2D eigenvalue weighted by Crippen LogP contribution is 2.28. The third-order valence-electron chi connectivity index (χ3n) is 4.14. The Morgan fingerprint density at radius 1 is 1.42 bits per heavy atom. The number of carbonyl (C=O) groups is 2. The first-order valence-electron chi connectivity index (χ1n) is 7.77. The number of nitrogens with one attached hydrogen (secondary N) is 1. The van der Waals surface area contributed by atoms with Crippen molar-refractivity contribution in [2.24, 2.45) is 5.92 Å². The van der Waals surface area contributed by atoms with Gasteiger partial charge in [-0.3, -0.25) is 14.6 Å². The van der Waals surface area contributed by atoms with Crippen LogP contribution in [0.2, 0.25) is 0 Å². The maximum Gasteiger partial charge on any atom is 0.227 e. The van der Waals surface area contributed by atoms with E-state index < -0.39 is 0 Å². The highest BCUT2D eigenvalue weighted by atomic mass is 79.9. The van der Waals surface area contributed by atoms with Crippen molar-refractivity contribution >= 4 is 33.4 Å². The summed E-state index contributed by atoms with van der Waals surface area (Å²) in [6, 6.07) is 9.51. The number of aromatic nitrogens is 1. The quantitative estimate of drug-likeness (QED) is 0.876. The lowest BCUT2D eigenvalue weighted by atomic mass is 10.1. The van der Waals surface area contributed by atoms with Crippen LogP contribution in [0, 0.1) is 12.8 Å². The molecule has 2 heterocycles. The van der Waals surface area contributed by atoms with Gasteiger partial charge in [0.05, 0.1) is 5.92 Å². The number of pyridine rings is 1. The number of rotatable bonds is 4. The molecule has 5 nitrogen and oxygen atoms in total. The Kier molecular flexibility index (Phi) is 4.94. The van der Waals surface area contributed by atoms with E-state index in [-0.39, 0.29) is 24.2 Å². The summed E-state index contributed by atoms with van der Waals surface area (Å²) in [5.41, 5.74) is 2.84. The molecule has 1 aliphatic heterocycles. The van der Waals surface area contributed by atoms with Gasteiger partial charge in [-0.05, 0) is 42.3 Å². The molecule has 0 aliphatic carbocycles. The summed E-state index contributed by atoms with van der Waals surface area (Å²) >= 11 is 3.46. The number of anilines is 1. The minimum Gasteiger partial charge on any atom is -0.352 e. The Morgan fingerprint density at radius 3 is 2.96 bits per heavy atom. The van der Waals surface area contributed by atoms with Crippen LogP contribution >= 0.6 is 15.9 Å². The molecule has 0 unspecified atom stereocenters. The lowest BCUT2D eigenvalue weighted by Gasteiger charge is -2.17. The van der Waals surface area contributed by atoms with E-state index in [0.717, 1.165) is 21.3 Å². The van der Waals surface area contributed by atoms with Crippen LogP contribution in [0.5, 0.6) is 0 Å². The Morgan fingerprint density at radius 2 is 2.25 bits per heavy atom. The van der Waals surface area contributed by atoms with Crippen LogP contribution in [0.15, 0.2) is 47.2 Å². The van der Waals surface area contributed by atoms with E-state index in [1.165, 1.54) is 0 Å². The summed E-state index contributed by atoms with van der Waals surface area (Å²) < 4.78 is 1.00. The fraction of sp³-hybridized carbons (Fsp3) is 0.278. The van der Waals surface area contributed by atoms with Gasteiger partial charge in [0.2, 0.25) is 11.8 Å². The van der Waals surface area contributed by atoms with Gasteiger partial charge in [0.1, 0.15) is 0 Å². The van der Waals surface area contributed by atoms with Gasteiger partial charge < -0.3 is 10.2 Å². The summed E-state index contributed by atoms with van der Waals surface area (Å²) in [7, 11) is 0. The minimum atomic E-state index is -0.321. The fourth-order valence-corrected chi connectivity index (χ4v) is 3.01. The maximum absolute atomic E-state index is 12.3. The topological polar surface area (TPSA) is 62.3 Å². The predicted molar refractivity (Wildman–Crippen MR) is 95.4 cm³/mol. The molecule has 1 aromatic carbocycles. The molecular weight excluding hydrogens is 370 g/mol.